The van der Waals surface area contributed by atoms with Gasteiger partial charge in [0.1, 0.15) is 0 Å². The molecule has 2 fully saturated rings. The van der Waals surface area contributed by atoms with Gasteiger partial charge in [-0.2, -0.15) is 0 Å². The van der Waals surface area contributed by atoms with Crippen molar-refractivity contribution in [3.05, 3.63) is 53.7 Å². The lowest BCUT2D eigenvalue weighted by molar-refractivity contribution is -0.0166. The number of hydrogen-bond acceptors (Lipinski definition) is 5. The molecule has 1 amide bonds. The zero-order valence-electron chi connectivity index (χ0n) is 15.3. The van der Waals surface area contributed by atoms with E-state index in [-0.39, 0.29) is 18.1 Å². The number of carbonyl (C=O) groups is 1. The topological polar surface area (TPSA) is 58.8 Å². The number of furan rings is 1. The molecule has 0 aliphatic carbocycles. The summed E-state index contributed by atoms with van der Waals surface area (Å²) >= 11 is 0. The maximum absolute atomic E-state index is 13.0. The van der Waals surface area contributed by atoms with Crippen molar-refractivity contribution in [3.8, 4) is 0 Å². The maximum atomic E-state index is 13.0. The van der Waals surface area contributed by atoms with Gasteiger partial charge in [0, 0.05) is 57.2 Å². The van der Waals surface area contributed by atoms with Crippen molar-refractivity contribution in [1.29, 1.82) is 0 Å². The first-order valence-electron chi connectivity index (χ1n) is 9.16. The van der Waals surface area contributed by atoms with Crippen LogP contribution >= 0.6 is 0 Å². The van der Waals surface area contributed by atoms with Crippen LogP contribution in [0, 0.1) is 12.8 Å². The van der Waals surface area contributed by atoms with Gasteiger partial charge in [0.15, 0.2) is 5.76 Å². The predicted octanol–water partition coefficient (Wildman–Crippen LogP) is 2.34. The molecular weight excluding hydrogens is 330 g/mol. The van der Waals surface area contributed by atoms with Crippen molar-refractivity contribution in [2.75, 3.05) is 26.7 Å². The number of pyridine rings is 1. The maximum Gasteiger partial charge on any atom is 0.290 e. The summed E-state index contributed by atoms with van der Waals surface area (Å²) in [6.07, 6.45) is 6.31. The number of nitrogens with zero attached hydrogens (tertiary/aromatic N) is 3. The molecular formula is C20H25N3O3. The highest BCUT2D eigenvalue weighted by Crippen LogP contribution is 2.34. The molecule has 0 bridgehead atoms. The molecule has 2 aliphatic heterocycles. The number of ether oxygens (including phenoxy) is 1. The highest BCUT2D eigenvalue weighted by atomic mass is 16.5. The summed E-state index contributed by atoms with van der Waals surface area (Å²) in [5.74, 6) is 0.796. The Morgan fingerprint density at radius 2 is 2.12 bits per heavy atom. The van der Waals surface area contributed by atoms with Crippen LogP contribution in [0.3, 0.4) is 0 Å². The summed E-state index contributed by atoms with van der Waals surface area (Å²) in [4.78, 5) is 21.5. The Morgan fingerprint density at radius 3 is 2.81 bits per heavy atom. The van der Waals surface area contributed by atoms with Crippen molar-refractivity contribution in [3.63, 3.8) is 0 Å². The quantitative estimate of drug-likeness (QED) is 0.843. The molecule has 4 heterocycles. The van der Waals surface area contributed by atoms with Crippen LogP contribution < -0.4 is 0 Å². The molecule has 4 rings (SSSR count). The minimum absolute atomic E-state index is 0.00261. The number of methoxy groups -OCH3 is 1. The second kappa shape index (κ2) is 7.21. The Bertz CT molecular complexity index is 761. The molecule has 26 heavy (non-hydrogen) atoms. The number of hydrogen-bond donors (Lipinski definition) is 0. The zero-order chi connectivity index (χ0) is 18.1. The SMILES string of the molecule is CO[C@@H]1CCN(C(=O)c2occc2C)[C@H]2CN(Cc3ccncc3)C[C@@H]12. The number of aromatic nitrogens is 1. The van der Waals surface area contributed by atoms with Gasteiger partial charge in [-0.15, -0.1) is 0 Å². The Morgan fingerprint density at radius 1 is 1.31 bits per heavy atom. The van der Waals surface area contributed by atoms with E-state index >= 15 is 0 Å². The fraction of sp³-hybridized carbons (Fsp3) is 0.500. The summed E-state index contributed by atoms with van der Waals surface area (Å²) in [5, 5.41) is 0. The van der Waals surface area contributed by atoms with Crippen molar-refractivity contribution in [2.45, 2.75) is 32.0 Å². The molecule has 3 atom stereocenters. The van der Waals surface area contributed by atoms with E-state index < -0.39 is 0 Å². The highest BCUT2D eigenvalue weighted by molar-refractivity contribution is 5.93. The second-order valence-electron chi connectivity index (χ2n) is 7.27. The molecule has 6 nitrogen and oxygen atoms in total. The normalized spacial score (nSPS) is 26.1. The van der Waals surface area contributed by atoms with Crippen molar-refractivity contribution >= 4 is 5.91 Å². The van der Waals surface area contributed by atoms with E-state index in [1.807, 2.05) is 42.4 Å². The Labute approximate surface area is 153 Å². The number of piperidine rings is 1. The van der Waals surface area contributed by atoms with E-state index in [2.05, 4.69) is 9.88 Å². The number of carbonyl (C=O) groups excluding carboxylic acids is 1. The average Bonchev–Trinajstić information content (AvgIpc) is 3.27. The third-order valence-electron chi connectivity index (χ3n) is 5.72. The molecule has 0 spiro atoms. The number of fused-ring (bicyclic) bond motifs is 1. The van der Waals surface area contributed by atoms with Gasteiger partial charge in [0.25, 0.3) is 5.91 Å². The lowest BCUT2D eigenvalue weighted by Gasteiger charge is -2.40. The third-order valence-corrected chi connectivity index (χ3v) is 5.72. The molecule has 0 aromatic carbocycles. The first kappa shape index (κ1) is 17.2. The number of amides is 1. The van der Waals surface area contributed by atoms with Gasteiger partial charge in [0.05, 0.1) is 18.4 Å². The minimum Gasteiger partial charge on any atom is -0.459 e. The summed E-state index contributed by atoms with van der Waals surface area (Å²) in [7, 11) is 1.78. The van der Waals surface area contributed by atoms with Gasteiger partial charge in [-0.05, 0) is 37.1 Å². The lowest BCUT2D eigenvalue weighted by Crippen LogP contribution is -2.53. The minimum atomic E-state index is 0.00261. The van der Waals surface area contributed by atoms with E-state index in [1.54, 1.807) is 13.4 Å². The highest BCUT2D eigenvalue weighted by Gasteiger charge is 2.46. The van der Waals surface area contributed by atoms with Crippen LogP contribution in [0.5, 0.6) is 0 Å². The van der Waals surface area contributed by atoms with Crippen molar-refractivity contribution < 1.29 is 13.9 Å². The Balaban J connectivity index is 1.54. The fourth-order valence-corrected chi connectivity index (χ4v) is 4.38. The molecule has 0 saturated carbocycles. The lowest BCUT2D eigenvalue weighted by atomic mass is 9.88. The molecule has 0 unspecified atom stereocenters. The van der Waals surface area contributed by atoms with Gasteiger partial charge in [-0.1, -0.05) is 0 Å². The summed E-state index contributed by atoms with van der Waals surface area (Å²) < 4.78 is 11.2. The van der Waals surface area contributed by atoms with Gasteiger partial charge >= 0.3 is 0 Å². The molecule has 138 valence electrons. The number of aryl methyl sites for hydroxylation is 1. The van der Waals surface area contributed by atoms with Gasteiger partial charge in [-0.25, -0.2) is 0 Å². The fourth-order valence-electron chi connectivity index (χ4n) is 4.38. The molecule has 2 aliphatic rings. The van der Waals surface area contributed by atoms with Crippen molar-refractivity contribution in [2.24, 2.45) is 5.92 Å². The predicted molar refractivity (Wildman–Crippen MR) is 96.7 cm³/mol. The smallest absolute Gasteiger partial charge is 0.290 e. The molecule has 2 aromatic rings. The second-order valence-corrected chi connectivity index (χ2v) is 7.27. The molecule has 2 aromatic heterocycles. The monoisotopic (exact) mass is 355 g/mol. The Hall–Kier alpha value is -2.18. The number of likely N-dealkylation sites (tertiary alicyclic amines) is 2. The molecule has 0 N–H and O–H groups in total. The van der Waals surface area contributed by atoms with Crippen LogP contribution in [-0.4, -0.2) is 59.6 Å². The first-order chi connectivity index (χ1) is 12.7. The first-order valence-corrected chi connectivity index (χ1v) is 9.16. The van der Waals surface area contributed by atoms with E-state index in [1.165, 1.54) is 5.56 Å². The molecule has 6 heteroatoms. The van der Waals surface area contributed by atoms with Crippen LogP contribution in [0.4, 0.5) is 0 Å². The number of rotatable bonds is 4. The van der Waals surface area contributed by atoms with Crippen molar-refractivity contribution in [1.82, 2.24) is 14.8 Å². The van der Waals surface area contributed by atoms with E-state index in [4.69, 9.17) is 9.15 Å². The zero-order valence-corrected chi connectivity index (χ0v) is 15.3. The summed E-state index contributed by atoms with van der Waals surface area (Å²) in [5.41, 5.74) is 2.14. The van der Waals surface area contributed by atoms with Crippen LogP contribution in [0.25, 0.3) is 0 Å². The van der Waals surface area contributed by atoms with Crippen LogP contribution in [0.15, 0.2) is 41.3 Å². The largest absolute Gasteiger partial charge is 0.459 e. The Kier molecular flexibility index (Phi) is 4.78. The average molecular weight is 355 g/mol. The van der Waals surface area contributed by atoms with Crippen LogP contribution in [0.1, 0.15) is 28.1 Å². The summed E-state index contributed by atoms with van der Waals surface area (Å²) in [6, 6.07) is 6.10. The van der Waals surface area contributed by atoms with E-state index in [9.17, 15) is 4.79 Å². The van der Waals surface area contributed by atoms with Gasteiger partial charge in [0.2, 0.25) is 0 Å². The van der Waals surface area contributed by atoms with Gasteiger partial charge in [-0.3, -0.25) is 14.7 Å². The molecule has 0 radical (unpaired) electrons. The van der Waals surface area contributed by atoms with E-state index in [0.717, 1.165) is 31.6 Å². The molecule has 2 saturated heterocycles. The third kappa shape index (κ3) is 3.15. The van der Waals surface area contributed by atoms with Gasteiger partial charge < -0.3 is 14.1 Å². The van der Waals surface area contributed by atoms with Crippen LogP contribution in [-0.2, 0) is 11.3 Å². The van der Waals surface area contributed by atoms with E-state index in [0.29, 0.717) is 18.2 Å². The standard InChI is InChI=1S/C20H25N3O3/c1-14-6-10-26-19(14)20(24)23-9-5-18(25-2)16-12-22(13-17(16)23)11-15-3-7-21-8-4-15/h3-4,6-8,10,16-18H,5,9,11-13H2,1-2H3/t16-,17+,18-/m1/s1. The van der Waals surface area contributed by atoms with Crippen LogP contribution in [0.2, 0.25) is 0 Å². The summed E-state index contributed by atoms with van der Waals surface area (Å²) in [6.45, 7) is 5.29.